The third-order valence-corrected chi connectivity index (χ3v) is 2.31. The molecule has 1 aliphatic carbocycles. The Hall–Kier alpha value is -1.73. The van der Waals surface area contributed by atoms with Gasteiger partial charge in [0.2, 0.25) is 0 Å². The summed E-state index contributed by atoms with van der Waals surface area (Å²) < 4.78 is 5.29. The summed E-state index contributed by atoms with van der Waals surface area (Å²) in [5.41, 5.74) is 1.21. The summed E-state index contributed by atoms with van der Waals surface area (Å²) in [7, 11) is 0. The van der Waals surface area contributed by atoms with Gasteiger partial charge < -0.3 is 10.1 Å². The molecule has 0 fully saturated rings. The number of ketones is 1. The fraction of sp³-hybridized carbons (Fsp3) is 0.300. The van der Waals surface area contributed by atoms with Crippen LogP contribution in [0.4, 0.5) is 0 Å². The molecule has 1 heterocycles. The molecule has 0 aromatic rings. The number of fused-ring (bicyclic) bond motifs is 1. The minimum Gasteiger partial charge on any atom is -0.367 e. The number of ether oxygens (including phenoxy) is 1. The standard InChI is InChI=1S/C10H8N2O2/c11-4-8-7-2-1-6(13)3-10(7)14-5-9(8)12/h1-2,10,12H,3,5H2/t10-/m0/s1. The van der Waals surface area contributed by atoms with Crippen molar-refractivity contribution in [2.24, 2.45) is 0 Å². The van der Waals surface area contributed by atoms with Crippen molar-refractivity contribution in [2.45, 2.75) is 12.5 Å². The molecule has 0 unspecified atom stereocenters. The lowest BCUT2D eigenvalue weighted by Gasteiger charge is -2.26. The average Bonchev–Trinajstić information content (AvgIpc) is 2.18. The van der Waals surface area contributed by atoms with Gasteiger partial charge in [-0.3, -0.25) is 4.79 Å². The Morgan fingerprint density at radius 3 is 3.07 bits per heavy atom. The zero-order chi connectivity index (χ0) is 10.1. The lowest BCUT2D eigenvalue weighted by Crippen LogP contribution is -2.32. The normalized spacial score (nSPS) is 26.1. The van der Waals surface area contributed by atoms with Crippen LogP contribution in [0.2, 0.25) is 0 Å². The van der Waals surface area contributed by atoms with Gasteiger partial charge in [-0.15, -0.1) is 0 Å². The lowest BCUT2D eigenvalue weighted by molar-refractivity contribution is -0.116. The Bertz CT molecular complexity index is 412. The predicted octanol–water partition coefficient (Wildman–Crippen LogP) is 0.754. The van der Waals surface area contributed by atoms with Crippen LogP contribution in [0.5, 0.6) is 0 Å². The average molecular weight is 188 g/mol. The molecule has 0 bridgehead atoms. The minimum absolute atomic E-state index is 0.00414. The number of hydrogen-bond donors (Lipinski definition) is 1. The van der Waals surface area contributed by atoms with Crippen molar-refractivity contribution in [2.75, 3.05) is 6.61 Å². The third kappa shape index (κ3) is 1.28. The van der Waals surface area contributed by atoms with Gasteiger partial charge >= 0.3 is 0 Å². The predicted molar refractivity (Wildman–Crippen MR) is 48.9 cm³/mol. The minimum atomic E-state index is -0.323. The zero-order valence-corrected chi connectivity index (χ0v) is 7.41. The highest BCUT2D eigenvalue weighted by molar-refractivity contribution is 6.05. The summed E-state index contributed by atoms with van der Waals surface area (Å²) in [5, 5.41) is 16.3. The maximum absolute atomic E-state index is 11.1. The number of carbonyl (C=O) groups is 1. The van der Waals surface area contributed by atoms with Gasteiger partial charge in [0.1, 0.15) is 6.07 Å². The number of allylic oxidation sites excluding steroid dienone is 1. The van der Waals surface area contributed by atoms with E-state index in [4.69, 9.17) is 15.4 Å². The molecule has 4 heteroatoms. The highest BCUT2D eigenvalue weighted by Gasteiger charge is 2.29. The molecule has 0 saturated heterocycles. The SMILES string of the molecule is N#CC1=C2C=CC(=O)C[C@@H]2OCC1=N. The third-order valence-electron chi connectivity index (χ3n) is 2.31. The van der Waals surface area contributed by atoms with Crippen molar-refractivity contribution < 1.29 is 9.53 Å². The van der Waals surface area contributed by atoms with Crippen molar-refractivity contribution in [3.8, 4) is 6.07 Å². The molecule has 1 atom stereocenters. The molecule has 0 spiro atoms. The first-order valence-electron chi connectivity index (χ1n) is 4.27. The largest absolute Gasteiger partial charge is 0.367 e. The van der Waals surface area contributed by atoms with Crippen molar-refractivity contribution in [1.82, 2.24) is 0 Å². The van der Waals surface area contributed by atoms with E-state index in [2.05, 4.69) is 0 Å². The molecular formula is C10H8N2O2. The molecule has 0 aromatic carbocycles. The van der Waals surface area contributed by atoms with E-state index in [1.165, 1.54) is 6.08 Å². The maximum Gasteiger partial charge on any atom is 0.158 e. The van der Waals surface area contributed by atoms with Crippen LogP contribution in [-0.2, 0) is 9.53 Å². The Balaban J connectivity index is 2.50. The van der Waals surface area contributed by atoms with Crippen molar-refractivity contribution in [3.63, 3.8) is 0 Å². The summed E-state index contributed by atoms with van der Waals surface area (Å²) in [6, 6.07) is 1.98. The second-order valence-corrected chi connectivity index (χ2v) is 3.22. The Labute approximate surface area is 81.0 Å². The highest BCUT2D eigenvalue weighted by Crippen LogP contribution is 2.26. The molecule has 0 saturated carbocycles. The van der Waals surface area contributed by atoms with E-state index in [0.29, 0.717) is 11.1 Å². The van der Waals surface area contributed by atoms with Gasteiger partial charge in [-0.25, -0.2) is 0 Å². The Morgan fingerprint density at radius 1 is 1.57 bits per heavy atom. The molecule has 2 rings (SSSR count). The molecule has 4 nitrogen and oxygen atoms in total. The van der Waals surface area contributed by atoms with Gasteiger partial charge in [-0.2, -0.15) is 5.26 Å². The van der Waals surface area contributed by atoms with Crippen LogP contribution in [-0.4, -0.2) is 24.2 Å². The van der Waals surface area contributed by atoms with Crippen LogP contribution in [0, 0.1) is 16.7 Å². The van der Waals surface area contributed by atoms with Gasteiger partial charge in [0.25, 0.3) is 0 Å². The number of nitrogens with zero attached hydrogens (tertiary/aromatic N) is 1. The van der Waals surface area contributed by atoms with Crippen LogP contribution in [0.25, 0.3) is 0 Å². The molecule has 0 amide bonds. The van der Waals surface area contributed by atoms with Gasteiger partial charge in [0.05, 0.1) is 24.0 Å². The van der Waals surface area contributed by atoms with E-state index in [1.807, 2.05) is 6.07 Å². The number of carbonyl (C=O) groups excluding carboxylic acids is 1. The van der Waals surface area contributed by atoms with Crippen LogP contribution in [0.15, 0.2) is 23.3 Å². The summed E-state index contributed by atoms with van der Waals surface area (Å²) in [4.78, 5) is 11.1. The second-order valence-electron chi connectivity index (χ2n) is 3.22. The fourth-order valence-electron chi connectivity index (χ4n) is 1.61. The lowest BCUT2D eigenvalue weighted by atomic mass is 9.90. The first-order chi connectivity index (χ1) is 6.72. The van der Waals surface area contributed by atoms with Gasteiger partial charge in [0, 0.05) is 12.0 Å². The summed E-state index contributed by atoms with van der Waals surface area (Å²) in [6.45, 7) is 0.123. The molecule has 1 N–H and O–H groups in total. The van der Waals surface area contributed by atoms with Crippen LogP contribution in [0.1, 0.15) is 6.42 Å². The first kappa shape index (κ1) is 8.85. The van der Waals surface area contributed by atoms with Crippen LogP contribution < -0.4 is 0 Å². The number of nitrogens with one attached hydrogen (secondary N) is 1. The Kier molecular flexibility index (Phi) is 2.02. The van der Waals surface area contributed by atoms with E-state index in [-0.39, 0.29) is 30.6 Å². The van der Waals surface area contributed by atoms with Gasteiger partial charge in [0.15, 0.2) is 5.78 Å². The van der Waals surface area contributed by atoms with Crippen molar-refractivity contribution >= 4 is 11.5 Å². The quantitative estimate of drug-likeness (QED) is 0.609. The highest BCUT2D eigenvalue weighted by atomic mass is 16.5. The molecule has 0 radical (unpaired) electrons. The molecule has 0 aromatic heterocycles. The van der Waals surface area contributed by atoms with E-state index < -0.39 is 0 Å². The molecular weight excluding hydrogens is 180 g/mol. The smallest absolute Gasteiger partial charge is 0.158 e. The molecule has 70 valence electrons. The summed E-state index contributed by atoms with van der Waals surface area (Å²) in [5.74, 6) is 0.00414. The zero-order valence-electron chi connectivity index (χ0n) is 7.41. The molecule has 2 aliphatic rings. The van der Waals surface area contributed by atoms with Crippen molar-refractivity contribution in [1.29, 1.82) is 10.7 Å². The fourth-order valence-corrected chi connectivity index (χ4v) is 1.61. The van der Waals surface area contributed by atoms with E-state index in [9.17, 15) is 4.79 Å². The second kappa shape index (κ2) is 3.20. The summed E-state index contributed by atoms with van der Waals surface area (Å²) in [6.07, 6.45) is 2.98. The number of hydrogen-bond acceptors (Lipinski definition) is 4. The van der Waals surface area contributed by atoms with Gasteiger partial charge in [-0.1, -0.05) is 6.08 Å². The first-order valence-corrected chi connectivity index (χ1v) is 4.27. The van der Waals surface area contributed by atoms with Crippen LogP contribution >= 0.6 is 0 Å². The Morgan fingerprint density at radius 2 is 2.36 bits per heavy atom. The molecule has 1 aliphatic heterocycles. The summed E-state index contributed by atoms with van der Waals surface area (Å²) >= 11 is 0. The van der Waals surface area contributed by atoms with Crippen molar-refractivity contribution in [3.05, 3.63) is 23.3 Å². The topological polar surface area (TPSA) is 73.9 Å². The number of rotatable bonds is 0. The van der Waals surface area contributed by atoms with Crippen LogP contribution in [0.3, 0.4) is 0 Å². The molecule has 14 heavy (non-hydrogen) atoms. The maximum atomic E-state index is 11.1. The van der Waals surface area contributed by atoms with Gasteiger partial charge in [-0.05, 0) is 6.08 Å². The monoisotopic (exact) mass is 188 g/mol. The van der Waals surface area contributed by atoms with E-state index in [1.54, 1.807) is 6.08 Å². The van der Waals surface area contributed by atoms with E-state index >= 15 is 0 Å². The number of nitriles is 1. The van der Waals surface area contributed by atoms with E-state index in [0.717, 1.165) is 0 Å².